The molecule has 0 aliphatic carbocycles. The first kappa shape index (κ1) is 13.6. The van der Waals surface area contributed by atoms with Crippen LogP contribution in [-0.2, 0) is 19.4 Å². The van der Waals surface area contributed by atoms with Crippen molar-refractivity contribution in [1.29, 1.82) is 0 Å². The number of para-hydroxylation sites is 1. The molecule has 0 aliphatic heterocycles. The highest BCUT2D eigenvalue weighted by molar-refractivity contribution is 5.71. The van der Waals surface area contributed by atoms with Crippen molar-refractivity contribution in [3.63, 3.8) is 0 Å². The van der Waals surface area contributed by atoms with Crippen molar-refractivity contribution in [2.45, 2.75) is 32.7 Å². The maximum absolute atomic E-state index is 6.02. The third-order valence-corrected chi connectivity index (χ3v) is 3.70. The summed E-state index contributed by atoms with van der Waals surface area (Å²) in [5, 5.41) is 0. The van der Waals surface area contributed by atoms with Gasteiger partial charge in [0.1, 0.15) is 11.3 Å². The number of nitrogens with two attached hydrogens (primary N) is 1. The van der Waals surface area contributed by atoms with Gasteiger partial charge in [-0.25, -0.2) is 9.97 Å². The molecule has 2 N–H and O–H groups in total. The third kappa shape index (κ3) is 2.75. The maximum Gasteiger partial charge on any atom is 0.159 e. The van der Waals surface area contributed by atoms with Crippen molar-refractivity contribution < 1.29 is 0 Å². The van der Waals surface area contributed by atoms with Crippen molar-refractivity contribution in [3.05, 3.63) is 54.0 Å². The van der Waals surface area contributed by atoms with Gasteiger partial charge in [-0.3, -0.25) is 0 Å². The van der Waals surface area contributed by atoms with E-state index in [1.54, 1.807) is 0 Å². The molecule has 108 valence electrons. The van der Waals surface area contributed by atoms with Gasteiger partial charge >= 0.3 is 0 Å². The van der Waals surface area contributed by atoms with Crippen LogP contribution in [-0.4, -0.2) is 14.5 Å². The fourth-order valence-electron chi connectivity index (χ4n) is 2.66. The molecule has 0 aliphatic rings. The molecule has 0 bridgehead atoms. The molecule has 4 nitrogen and oxygen atoms in total. The number of aryl methyl sites for hydroxylation is 3. The minimum absolute atomic E-state index is 0.855. The van der Waals surface area contributed by atoms with Crippen LogP contribution < -0.4 is 5.73 Å². The SMILES string of the molecule is CCCn1c(CCc2ccccc2N)nc2cccnc21. The molecule has 4 heteroatoms. The predicted molar refractivity (Wildman–Crippen MR) is 86.1 cm³/mol. The van der Waals surface area contributed by atoms with Crippen molar-refractivity contribution in [2.24, 2.45) is 0 Å². The van der Waals surface area contributed by atoms with E-state index in [0.29, 0.717) is 0 Å². The largest absolute Gasteiger partial charge is 0.399 e. The van der Waals surface area contributed by atoms with Crippen LogP contribution in [0.15, 0.2) is 42.6 Å². The summed E-state index contributed by atoms with van der Waals surface area (Å²) < 4.78 is 2.23. The van der Waals surface area contributed by atoms with Gasteiger partial charge in [-0.15, -0.1) is 0 Å². The molecule has 0 saturated heterocycles. The summed E-state index contributed by atoms with van der Waals surface area (Å²) in [5.41, 5.74) is 10.0. The minimum Gasteiger partial charge on any atom is -0.399 e. The number of nitrogen functional groups attached to an aromatic ring is 1. The lowest BCUT2D eigenvalue weighted by Gasteiger charge is -2.08. The maximum atomic E-state index is 6.02. The van der Waals surface area contributed by atoms with Gasteiger partial charge in [0.2, 0.25) is 0 Å². The average molecular weight is 280 g/mol. The van der Waals surface area contributed by atoms with Gasteiger partial charge in [0.25, 0.3) is 0 Å². The van der Waals surface area contributed by atoms with Crippen LogP contribution in [0.1, 0.15) is 24.7 Å². The topological polar surface area (TPSA) is 56.7 Å². The van der Waals surface area contributed by atoms with Gasteiger partial charge in [0, 0.05) is 24.8 Å². The molecular weight excluding hydrogens is 260 g/mol. The molecule has 1 aromatic carbocycles. The molecule has 2 aromatic heterocycles. The third-order valence-electron chi connectivity index (χ3n) is 3.70. The Kier molecular flexibility index (Phi) is 3.86. The van der Waals surface area contributed by atoms with Gasteiger partial charge in [-0.2, -0.15) is 0 Å². The van der Waals surface area contributed by atoms with Crippen molar-refractivity contribution in [1.82, 2.24) is 14.5 Å². The molecular formula is C17H20N4. The quantitative estimate of drug-likeness (QED) is 0.730. The van der Waals surface area contributed by atoms with Crippen LogP contribution in [0, 0.1) is 0 Å². The number of rotatable bonds is 5. The Bertz CT molecular complexity index is 745. The van der Waals surface area contributed by atoms with Crippen LogP contribution in [0.4, 0.5) is 5.69 Å². The Balaban J connectivity index is 1.89. The first-order chi connectivity index (χ1) is 10.3. The van der Waals surface area contributed by atoms with E-state index in [9.17, 15) is 0 Å². The summed E-state index contributed by atoms with van der Waals surface area (Å²) in [7, 11) is 0. The number of aromatic nitrogens is 3. The highest BCUT2D eigenvalue weighted by Gasteiger charge is 2.11. The first-order valence-electron chi connectivity index (χ1n) is 7.43. The summed E-state index contributed by atoms with van der Waals surface area (Å²) >= 11 is 0. The number of imidazole rings is 1. The van der Waals surface area contributed by atoms with Gasteiger partial charge in [-0.1, -0.05) is 25.1 Å². The van der Waals surface area contributed by atoms with Gasteiger partial charge in [0.15, 0.2) is 5.65 Å². The van der Waals surface area contributed by atoms with Crippen LogP contribution in [0.5, 0.6) is 0 Å². The predicted octanol–water partition coefficient (Wildman–Crippen LogP) is 3.21. The average Bonchev–Trinajstić information content (AvgIpc) is 2.85. The first-order valence-corrected chi connectivity index (χ1v) is 7.43. The van der Waals surface area contributed by atoms with Crippen molar-refractivity contribution >= 4 is 16.9 Å². The highest BCUT2D eigenvalue weighted by atomic mass is 15.1. The zero-order chi connectivity index (χ0) is 14.7. The van der Waals surface area contributed by atoms with Gasteiger partial charge < -0.3 is 10.3 Å². The molecule has 0 fully saturated rings. The highest BCUT2D eigenvalue weighted by Crippen LogP contribution is 2.18. The molecule has 2 heterocycles. The monoisotopic (exact) mass is 280 g/mol. The Hall–Kier alpha value is -2.36. The Morgan fingerprint density at radius 3 is 2.76 bits per heavy atom. The lowest BCUT2D eigenvalue weighted by molar-refractivity contribution is 0.645. The Morgan fingerprint density at radius 2 is 1.95 bits per heavy atom. The van der Waals surface area contributed by atoms with E-state index in [-0.39, 0.29) is 0 Å². The van der Waals surface area contributed by atoms with Crippen molar-refractivity contribution in [3.8, 4) is 0 Å². The Labute approximate surface area is 124 Å². The van der Waals surface area contributed by atoms with E-state index in [0.717, 1.165) is 48.5 Å². The van der Waals surface area contributed by atoms with E-state index in [2.05, 4.69) is 22.5 Å². The van der Waals surface area contributed by atoms with E-state index in [4.69, 9.17) is 10.7 Å². The second kappa shape index (κ2) is 5.95. The summed E-state index contributed by atoms with van der Waals surface area (Å²) in [6.07, 6.45) is 4.68. The van der Waals surface area contributed by atoms with Crippen LogP contribution in [0.3, 0.4) is 0 Å². The summed E-state index contributed by atoms with van der Waals surface area (Å²) in [4.78, 5) is 9.20. The lowest BCUT2D eigenvalue weighted by Crippen LogP contribution is -2.06. The summed E-state index contributed by atoms with van der Waals surface area (Å²) in [6.45, 7) is 3.13. The summed E-state index contributed by atoms with van der Waals surface area (Å²) in [6, 6.07) is 12.0. The number of fused-ring (bicyclic) bond motifs is 1. The summed E-state index contributed by atoms with van der Waals surface area (Å²) in [5.74, 6) is 1.09. The lowest BCUT2D eigenvalue weighted by atomic mass is 10.1. The molecule has 3 aromatic rings. The molecule has 0 radical (unpaired) electrons. The van der Waals surface area contributed by atoms with E-state index in [1.165, 1.54) is 5.56 Å². The second-order valence-corrected chi connectivity index (χ2v) is 5.22. The standard InChI is InChI=1S/C17H20N4/c1-2-12-21-16(20-15-8-5-11-19-17(15)21)10-9-13-6-3-4-7-14(13)18/h3-8,11H,2,9-10,12,18H2,1H3. The van der Waals surface area contributed by atoms with Crippen LogP contribution >= 0.6 is 0 Å². The molecule has 21 heavy (non-hydrogen) atoms. The van der Waals surface area contributed by atoms with Gasteiger partial charge in [-0.05, 0) is 36.6 Å². The van der Waals surface area contributed by atoms with Gasteiger partial charge in [0.05, 0.1) is 0 Å². The fraction of sp³-hybridized carbons (Fsp3) is 0.294. The second-order valence-electron chi connectivity index (χ2n) is 5.22. The number of benzene rings is 1. The number of hydrogen-bond donors (Lipinski definition) is 1. The zero-order valence-corrected chi connectivity index (χ0v) is 12.3. The molecule has 0 unspecified atom stereocenters. The number of nitrogens with zero attached hydrogens (tertiary/aromatic N) is 3. The number of hydrogen-bond acceptors (Lipinski definition) is 3. The van der Waals surface area contributed by atoms with Crippen LogP contribution in [0.2, 0.25) is 0 Å². The van der Waals surface area contributed by atoms with Crippen molar-refractivity contribution in [2.75, 3.05) is 5.73 Å². The normalized spacial score (nSPS) is 11.1. The van der Waals surface area contributed by atoms with E-state index < -0.39 is 0 Å². The van der Waals surface area contributed by atoms with E-state index >= 15 is 0 Å². The van der Waals surface area contributed by atoms with E-state index in [1.807, 2.05) is 36.5 Å². The Morgan fingerprint density at radius 1 is 1.10 bits per heavy atom. The molecule has 0 saturated carbocycles. The molecule has 0 amide bonds. The number of anilines is 1. The smallest absolute Gasteiger partial charge is 0.159 e. The fourth-order valence-corrected chi connectivity index (χ4v) is 2.66. The molecule has 0 atom stereocenters. The number of pyridine rings is 1. The molecule has 0 spiro atoms. The molecule has 3 rings (SSSR count). The zero-order valence-electron chi connectivity index (χ0n) is 12.3. The minimum atomic E-state index is 0.855. The van der Waals surface area contributed by atoms with Crippen LogP contribution in [0.25, 0.3) is 11.2 Å².